The number of hydrogen-bond acceptors (Lipinski definition) is 4. The second-order valence-electron chi connectivity index (χ2n) is 2.78. The number of rotatable bonds is 4. The summed E-state index contributed by atoms with van der Waals surface area (Å²) in [7, 11) is 0. The summed E-state index contributed by atoms with van der Waals surface area (Å²) in [4.78, 5) is 10.9. The third kappa shape index (κ3) is 4.07. The van der Waals surface area contributed by atoms with Crippen molar-refractivity contribution in [3.05, 3.63) is 24.3 Å². The molecule has 88 valence electrons. The molecule has 0 saturated carbocycles. The second-order valence-corrected chi connectivity index (χ2v) is 5.23. The van der Waals surface area contributed by atoms with Crippen LogP contribution in [0.4, 0.5) is 5.69 Å². The number of aliphatic hydroxyl groups excluding tert-OH is 1. The van der Waals surface area contributed by atoms with Crippen LogP contribution in [0.1, 0.15) is 0 Å². The first kappa shape index (κ1) is 12.8. The summed E-state index contributed by atoms with van der Waals surface area (Å²) in [5.41, 5.74) is 0.0891. The summed E-state index contributed by atoms with van der Waals surface area (Å²) in [6.45, 7) is -0.727. The quantitative estimate of drug-likeness (QED) is 0.520. The monoisotopic (exact) mass is 291 g/mol. The van der Waals surface area contributed by atoms with Crippen molar-refractivity contribution in [3.63, 3.8) is 0 Å². The molecule has 0 atom stereocenters. The molecule has 1 rings (SSSR count). The van der Waals surface area contributed by atoms with E-state index in [1.54, 1.807) is 6.07 Å². The molecule has 16 heavy (non-hydrogen) atoms. The van der Waals surface area contributed by atoms with Crippen molar-refractivity contribution in [2.75, 3.05) is 11.9 Å². The van der Waals surface area contributed by atoms with Crippen molar-refractivity contribution < 1.29 is 25.6 Å². The Morgan fingerprint density at radius 1 is 1.38 bits per heavy atom. The number of amides is 1. The van der Waals surface area contributed by atoms with Gasteiger partial charge in [-0.2, -0.15) is 0 Å². The van der Waals surface area contributed by atoms with Crippen LogP contribution in [-0.4, -0.2) is 40.3 Å². The fourth-order valence-corrected chi connectivity index (χ4v) is 1.84. The number of carbonyl (C=O) groups is 1. The van der Waals surface area contributed by atoms with Gasteiger partial charge in [0.25, 0.3) is 0 Å². The molecule has 1 amide bonds. The van der Waals surface area contributed by atoms with E-state index in [0.717, 1.165) is 0 Å². The van der Waals surface area contributed by atoms with Gasteiger partial charge < -0.3 is 0 Å². The van der Waals surface area contributed by atoms with Gasteiger partial charge in [0.05, 0.1) is 0 Å². The number of para-hydroxylation sites is 2. The Balaban J connectivity index is 2.92. The van der Waals surface area contributed by atoms with Gasteiger partial charge in [0.1, 0.15) is 0 Å². The summed E-state index contributed by atoms with van der Waals surface area (Å²) in [5, 5.41) is 10.8. The van der Waals surface area contributed by atoms with Gasteiger partial charge in [-0.25, -0.2) is 0 Å². The SMILES string of the molecule is O=C(CO)Nc1ccccc1O[As](=O)(O)O. The Kier molecular flexibility index (Phi) is 4.14. The number of anilines is 1. The van der Waals surface area contributed by atoms with Crippen molar-refractivity contribution in [2.45, 2.75) is 0 Å². The summed E-state index contributed by atoms with van der Waals surface area (Å²) < 4.78 is 32.4. The fraction of sp³-hybridized carbons (Fsp3) is 0.125. The molecule has 0 radical (unpaired) electrons. The van der Waals surface area contributed by atoms with Crippen molar-refractivity contribution in [3.8, 4) is 5.75 Å². The fourth-order valence-electron chi connectivity index (χ4n) is 0.967. The average molecular weight is 291 g/mol. The molecule has 0 aliphatic rings. The van der Waals surface area contributed by atoms with Crippen LogP contribution in [0.15, 0.2) is 24.3 Å². The molecule has 0 spiro atoms. The van der Waals surface area contributed by atoms with E-state index in [1.807, 2.05) is 0 Å². The van der Waals surface area contributed by atoms with E-state index in [0.29, 0.717) is 0 Å². The van der Waals surface area contributed by atoms with E-state index in [4.69, 9.17) is 13.3 Å². The topological polar surface area (TPSA) is 116 Å². The van der Waals surface area contributed by atoms with Gasteiger partial charge in [-0.3, -0.25) is 0 Å². The van der Waals surface area contributed by atoms with E-state index in [1.165, 1.54) is 18.2 Å². The molecule has 4 N–H and O–H groups in total. The van der Waals surface area contributed by atoms with Gasteiger partial charge in [-0.15, -0.1) is 0 Å². The van der Waals surface area contributed by atoms with Crippen LogP contribution in [0.25, 0.3) is 0 Å². The Morgan fingerprint density at radius 3 is 2.56 bits per heavy atom. The maximum atomic E-state index is 10.9. The summed E-state index contributed by atoms with van der Waals surface area (Å²) in [6, 6.07) is 5.74. The number of hydrogen-bond donors (Lipinski definition) is 4. The van der Waals surface area contributed by atoms with Gasteiger partial charge in [0, 0.05) is 0 Å². The predicted octanol–water partition coefficient (Wildman–Crippen LogP) is -1.15. The molecule has 1 aromatic carbocycles. The summed E-state index contributed by atoms with van der Waals surface area (Å²) in [6.07, 6.45) is 0. The van der Waals surface area contributed by atoms with E-state index < -0.39 is 27.0 Å². The van der Waals surface area contributed by atoms with Crippen molar-refractivity contribution in [2.24, 2.45) is 0 Å². The van der Waals surface area contributed by atoms with Crippen LogP contribution < -0.4 is 9.04 Å². The molecule has 0 aliphatic carbocycles. The van der Waals surface area contributed by atoms with Crippen LogP contribution in [0.5, 0.6) is 5.75 Å². The first-order valence-corrected chi connectivity index (χ1v) is 7.38. The molecule has 0 saturated heterocycles. The average Bonchev–Trinajstić information content (AvgIpc) is 2.18. The standard InChI is InChI=1S/C8H10AsNO6/c11-5-8(12)10-6-3-1-2-4-7(6)16-9(13,14)15/h1-4,11H,5H2,(H,10,12)(H2,13,14,15). The molecule has 0 unspecified atom stereocenters. The van der Waals surface area contributed by atoms with Crippen LogP contribution in [0.3, 0.4) is 0 Å². The summed E-state index contributed by atoms with van der Waals surface area (Å²) in [5.74, 6) is -0.842. The van der Waals surface area contributed by atoms with Crippen LogP contribution in [0.2, 0.25) is 0 Å². The Labute approximate surface area is 94.0 Å². The van der Waals surface area contributed by atoms with Crippen molar-refractivity contribution >= 4 is 26.1 Å². The molecule has 8 heteroatoms. The molecule has 7 nitrogen and oxygen atoms in total. The van der Waals surface area contributed by atoms with Gasteiger partial charge in [0.2, 0.25) is 0 Å². The molecule has 0 aliphatic heterocycles. The van der Waals surface area contributed by atoms with E-state index >= 15 is 0 Å². The molecular formula is C8H10AsNO6. The van der Waals surface area contributed by atoms with Gasteiger partial charge in [0.15, 0.2) is 0 Å². The van der Waals surface area contributed by atoms with Crippen molar-refractivity contribution in [1.82, 2.24) is 0 Å². The molecule has 0 heterocycles. The summed E-state index contributed by atoms with van der Waals surface area (Å²) >= 11 is -5.28. The first-order chi connectivity index (χ1) is 7.42. The molecular weight excluding hydrogens is 281 g/mol. The molecule has 0 fully saturated rings. The number of aliphatic hydroxyl groups is 1. The van der Waals surface area contributed by atoms with Crippen LogP contribution in [-0.2, 0) is 8.53 Å². The zero-order chi connectivity index (χ0) is 12.2. The normalized spacial score (nSPS) is 10.9. The van der Waals surface area contributed by atoms with Crippen LogP contribution in [0, 0.1) is 0 Å². The zero-order valence-corrected chi connectivity index (χ0v) is 9.91. The van der Waals surface area contributed by atoms with Gasteiger partial charge >= 0.3 is 93.6 Å². The van der Waals surface area contributed by atoms with E-state index in [-0.39, 0.29) is 11.4 Å². The predicted molar refractivity (Wildman–Crippen MR) is 53.7 cm³/mol. The van der Waals surface area contributed by atoms with E-state index in [9.17, 15) is 8.53 Å². The van der Waals surface area contributed by atoms with Gasteiger partial charge in [-0.05, 0) is 0 Å². The zero-order valence-electron chi connectivity index (χ0n) is 8.03. The minimum absolute atomic E-state index is 0.0891. The number of carbonyl (C=O) groups excluding carboxylic acids is 1. The number of benzene rings is 1. The minimum atomic E-state index is -5.28. The maximum absolute atomic E-state index is 10.9. The molecule has 0 aromatic heterocycles. The Morgan fingerprint density at radius 2 is 2.00 bits per heavy atom. The Hall–Kier alpha value is -1.27. The van der Waals surface area contributed by atoms with E-state index in [2.05, 4.69) is 9.04 Å². The van der Waals surface area contributed by atoms with Gasteiger partial charge in [-0.1, -0.05) is 0 Å². The third-order valence-corrected chi connectivity index (χ3v) is 2.43. The number of nitrogens with one attached hydrogen (secondary N) is 1. The second kappa shape index (κ2) is 5.18. The van der Waals surface area contributed by atoms with Crippen LogP contribution >= 0.6 is 0 Å². The molecule has 0 bridgehead atoms. The Bertz CT molecular complexity index is 428. The molecule has 1 aromatic rings. The first-order valence-electron chi connectivity index (χ1n) is 4.17. The van der Waals surface area contributed by atoms with Crippen molar-refractivity contribution in [1.29, 1.82) is 0 Å². The third-order valence-electron chi connectivity index (χ3n) is 1.52.